The van der Waals surface area contributed by atoms with Gasteiger partial charge in [-0.05, 0) is 28.5 Å². The largest absolute Gasteiger partial charge is 0.316 e. The number of hydrogen-bond acceptors (Lipinski definition) is 4. The Labute approximate surface area is 115 Å². The molecule has 1 N–H and O–H groups in total. The van der Waals surface area contributed by atoms with Crippen LogP contribution in [0.2, 0.25) is 0 Å². The molecule has 0 fully saturated rings. The van der Waals surface area contributed by atoms with Crippen LogP contribution in [0.4, 0.5) is 0 Å². The first-order valence-electron chi connectivity index (χ1n) is 5.33. The maximum absolute atomic E-state index is 11.9. The summed E-state index contributed by atoms with van der Waals surface area (Å²) >= 11 is 4.91. The molecule has 0 aliphatic rings. The van der Waals surface area contributed by atoms with Crippen LogP contribution in [0.5, 0.6) is 0 Å². The summed E-state index contributed by atoms with van der Waals surface area (Å²) in [5, 5.41) is 4.97. The lowest BCUT2D eigenvalue weighted by Crippen LogP contribution is -2.33. The van der Waals surface area contributed by atoms with Crippen LogP contribution in [-0.4, -0.2) is 38.6 Å². The van der Waals surface area contributed by atoms with Gasteiger partial charge in [-0.1, -0.05) is 6.92 Å². The second-order valence-electron chi connectivity index (χ2n) is 3.66. The highest BCUT2D eigenvalue weighted by Crippen LogP contribution is 2.21. The Morgan fingerprint density at radius 1 is 1.53 bits per heavy atom. The Bertz CT molecular complexity index is 445. The number of rotatable bonds is 7. The van der Waals surface area contributed by atoms with E-state index < -0.39 is 10.0 Å². The van der Waals surface area contributed by atoms with Crippen LogP contribution in [0.1, 0.15) is 11.8 Å². The minimum atomic E-state index is -3.16. The van der Waals surface area contributed by atoms with E-state index in [-0.39, 0.29) is 5.75 Å². The lowest BCUT2D eigenvalue weighted by atomic mass is 10.5. The predicted octanol–water partition coefficient (Wildman–Crippen LogP) is 1.88. The molecule has 0 saturated carbocycles. The van der Waals surface area contributed by atoms with E-state index in [1.165, 1.54) is 4.31 Å². The minimum absolute atomic E-state index is 0.143. The number of halogens is 1. The molecule has 0 amide bonds. The first-order valence-corrected chi connectivity index (χ1v) is 8.61. The molecule has 7 heteroatoms. The molecule has 0 bridgehead atoms. The third kappa shape index (κ3) is 5.05. The summed E-state index contributed by atoms with van der Waals surface area (Å²) in [6, 6.07) is 1.95. The van der Waals surface area contributed by atoms with Gasteiger partial charge in [-0.25, -0.2) is 8.42 Å². The summed E-state index contributed by atoms with van der Waals surface area (Å²) in [6.07, 6.45) is 0. The fourth-order valence-corrected chi connectivity index (χ4v) is 3.92. The SMILES string of the molecule is CCNCCS(=O)(=O)N(C)Cc1cc(Br)cs1. The molecule has 4 nitrogen and oxygen atoms in total. The van der Waals surface area contributed by atoms with Gasteiger partial charge in [0.15, 0.2) is 0 Å². The smallest absolute Gasteiger partial charge is 0.215 e. The maximum atomic E-state index is 11.9. The Kier molecular flexibility index (Phi) is 6.08. The van der Waals surface area contributed by atoms with Crippen molar-refractivity contribution >= 4 is 37.3 Å². The van der Waals surface area contributed by atoms with Gasteiger partial charge in [0.25, 0.3) is 0 Å². The Balaban J connectivity index is 2.53. The Morgan fingerprint density at radius 3 is 2.76 bits per heavy atom. The Morgan fingerprint density at radius 2 is 2.24 bits per heavy atom. The van der Waals surface area contributed by atoms with Crippen LogP contribution in [0.3, 0.4) is 0 Å². The van der Waals surface area contributed by atoms with Crippen LogP contribution < -0.4 is 5.32 Å². The highest BCUT2D eigenvalue weighted by molar-refractivity contribution is 9.10. The summed E-state index contributed by atoms with van der Waals surface area (Å²) in [6.45, 7) is 3.68. The zero-order chi connectivity index (χ0) is 12.9. The van der Waals surface area contributed by atoms with Gasteiger partial charge in [-0.3, -0.25) is 0 Å². The maximum Gasteiger partial charge on any atom is 0.215 e. The zero-order valence-electron chi connectivity index (χ0n) is 9.94. The molecule has 0 spiro atoms. The first kappa shape index (κ1) is 15.1. The van der Waals surface area contributed by atoms with Crippen LogP contribution in [0, 0.1) is 0 Å². The van der Waals surface area contributed by atoms with Gasteiger partial charge in [-0.15, -0.1) is 11.3 Å². The van der Waals surface area contributed by atoms with Gasteiger partial charge in [0.2, 0.25) is 10.0 Å². The number of nitrogens with one attached hydrogen (secondary N) is 1. The highest BCUT2D eigenvalue weighted by Gasteiger charge is 2.17. The van der Waals surface area contributed by atoms with Gasteiger partial charge in [0, 0.05) is 34.9 Å². The minimum Gasteiger partial charge on any atom is -0.316 e. The molecule has 0 aromatic carbocycles. The summed E-state index contributed by atoms with van der Waals surface area (Å²) in [4.78, 5) is 1.03. The average molecular weight is 341 g/mol. The molecule has 1 aromatic heterocycles. The molecule has 1 aromatic rings. The van der Waals surface area contributed by atoms with E-state index in [0.29, 0.717) is 13.1 Å². The standard InChI is InChI=1S/C10H17BrN2O2S2/c1-3-12-4-5-17(14,15)13(2)7-10-6-9(11)8-16-10/h6,8,12H,3-5,7H2,1-2H3. The van der Waals surface area contributed by atoms with Gasteiger partial charge in [0.1, 0.15) is 0 Å². The van der Waals surface area contributed by atoms with Gasteiger partial charge in [-0.2, -0.15) is 4.31 Å². The number of thiophene rings is 1. The molecule has 1 heterocycles. The molecule has 1 rings (SSSR count). The second kappa shape index (κ2) is 6.84. The summed E-state index contributed by atoms with van der Waals surface area (Å²) in [5.41, 5.74) is 0. The number of hydrogen-bond donors (Lipinski definition) is 1. The number of nitrogens with zero attached hydrogens (tertiary/aromatic N) is 1. The monoisotopic (exact) mass is 340 g/mol. The van der Waals surface area contributed by atoms with Crippen molar-refractivity contribution in [2.75, 3.05) is 25.9 Å². The van der Waals surface area contributed by atoms with Crippen LogP contribution in [-0.2, 0) is 16.6 Å². The molecule has 0 aliphatic carbocycles. The van der Waals surface area contributed by atoms with Crippen LogP contribution in [0.15, 0.2) is 15.9 Å². The lowest BCUT2D eigenvalue weighted by Gasteiger charge is -2.16. The first-order chi connectivity index (χ1) is 7.95. The molecule has 0 atom stereocenters. The third-order valence-electron chi connectivity index (χ3n) is 2.26. The molecular formula is C10H17BrN2O2S2. The van der Waals surface area contributed by atoms with Gasteiger partial charge >= 0.3 is 0 Å². The molecule has 0 radical (unpaired) electrons. The van der Waals surface area contributed by atoms with Crippen molar-refractivity contribution in [2.24, 2.45) is 0 Å². The average Bonchev–Trinajstić information content (AvgIpc) is 2.64. The normalized spacial score (nSPS) is 12.2. The fraction of sp³-hybridized carbons (Fsp3) is 0.600. The van der Waals surface area contributed by atoms with E-state index in [0.717, 1.165) is 15.9 Å². The third-order valence-corrected chi connectivity index (χ3v) is 5.74. The highest BCUT2D eigenvalue weighted by atomic mass is 79.9. The van der Waals surface area contributed by atoms with Crippen molar-refractivity contribution in [3.63, 3.8) is 0 Å². The van der Waals surface area contributed by atoms with E-state index in [1.807, 2.05) is 18.4 Å². The van der Waals surface area contributed by atoms with Gasteiger partial charge in [0.05, 0.1) is 5.75 Å². The lowest BCUT2D eigenvalue weighted by molar-refractivity contribution is 0.468. The second-order valence-corrected chi connectivity index (χ2v) is 7.76. The number of sulfonamides is 1. The van der Waals surface area contributed by atoms with E-state index in [4.69, 9.17) is 0 Å². The van der Waals surface area contributed by atoms with E-state index >= 15 is 0 Å². The molecule has 0 saturated heterocycles. The zero-order valence-corrected chi connectivity index (χ0v) is 13.2. The van der Waals surface area contributed by atoms with Crippen LogP contribution in [0.25, 0.3) is 0 Å². The van der Waals surface area contributed by atoms with Crippen molar-refractivity contribution in [1.82, 2.24) is 9.62 Å². The molecule has 0 aliphatic heterocycles. The molecule has 0 unspecified atom stereocenters. The summed E-state index contributed by atoms with van der Waals surface area (Å²) < 4.78 is 26.2. The molecule has 98 valence electrons. The summed E-state index contributed by atoms with van der Waals surface area (Å²) in [7, 11) is -1.54. The van der Waals surface area contributed by atoms with Gasteiger partial charge < -0.3 is 5.32 Å². The van der Waals surface area contributed by atoms with E-state index in [2.05, 4.69) is 21.2 Å². The fourth-order valence-electron chi connectivity index (χ4n) is 1.29. The molecule has 17 heavy (non-hydrogen) atoms. The van der Waals surface area contributed by atoms with Crippen molar-refractivity contribution in [3.8, 4) is 0 Å². The van der Waals surface area contributed by atoms with Crippen molar-refractivity contribution in [3.05, 3.63) is 20.8 Å². The predicted molar refractivity (Wildman–Crippen MR) is 75.8 cm³/mol. The van der Waals surface area contributed by atoms with E-state index in [1.54, 1.807) is 18.4 Å². The quantitative estimate of drug-likeness (QED) is 0.771. The topological polar surface area (TPSA) is 49.4 Å². The van der Waals surface area contributed by atoms with Crippen molar-refractivity contribution < 1.29 is 8.42 Å². The van der Waals surface area contributed by atoms with Crippen LogP contribution >= 0.6 is 27.3 Å². The summed E-state index contributed by atoms with van der Waals surface area (Å²) in [5.74, 6) is 0.143. The van der Waals surface area contributed by atoms with E-state index in [9.17, 15) is 8.42 Å². The Hall–Kier alpha value is 0.0500. The van der Waals surface area contributed by atoms with Crippen molar-refractivity contribution in [1.29, 1.82) is 0 Å². The van der Waals surface area contributed by atoms with Crippen molar-refractivity contribution in [2.45, 2.75) is 13.5 Å². The molecular weight excluding hydrogens is 324 g/mol.